The lowest BCUT2D eigenvalue weighted by Gasteiger charge is -2.23. The Morgan fingerprint density at radius 3 is 2.74 bits per heavy atom. The van der Waals surface area contributed by atoms with Gasteiger partial charge < -0.3 is 10.5 Å². The fraction of sp³-hybridized carbons (Fsp3) is 0.625. The SMILES string of the molecule is CCCN(Cc1cc(CN)ccc1OC)CC1CC1. The Labute approximate surface area is 116 Å². The predicted molar refractivity (Wildman–Crippen MR) is 79.2 cm³/mol. The summed E-state index contributed by atoms with van der Waals surface area (Å²) in [6, 6.07) is 6.28. The molecule has 0 radical (unpaired) electrons. The molecule has 1 aromatic rings. The van der Waals surface area contributed by atoms with Crippen LogP contribution in [-0.4, -0.2) is 25.1 Å². The van der Waals surface area contributed by atoms with E-state index in [-0.39, 0.29) is 0 Å². The molecule has 0 aliphatic heterocycles. The average Bonchev–Trinajstić information content (AvgIpc) is 3.23. The van der Waals surface area contributed by atoms with Crippen LogP contribution in [0.3, 0.4) is 0 Å². The van der Waals surface area contributed by atoms with E-state index in [0.717, 1.165) is 24.8 Å². The van der Waals surface area contributed by atoms with E-state index in [2.05, 4.69) is 17.9 Å². The molecule has 1 fully saturated rings. The Kier molecular flexibility index (Phi) is 5.23. The molecule has 0 atom stereocenters. The second-order valence-corrected chi connectivity index (χ2v) is 5.53. The van der Waals surface area contributed by atoms with Crippen molar-refractivity contribution in [3.63, 3.8) is 0 Å². The molecular formula is C16H26N2O. The zero-order valence-corrected chi connectivity index (χ0v) is 12.2. The van der Waals surface area contributed by atoms with Crippen LogP contribution in [-0.2, 0) is 13.1 Å². The maximum Gasteiger partial charge on any atom is 0.123 e. The average molecular weight is 262 g/mol. The van der Waals surface area contributed by atoms with Gasteiger partial charge in [-0.25, -0.2) is 0 Å². The number of methoxy groups -OCH3 is 1. The van der Waals surface area contributed by atoms with Crippen molar-refractivity contribution in [2.75, 3.05) is 20.2 Å². The normalized spacial score (nSPS) is 14.9. The van der Waals surface area contributed by atoms with E-state index in [0.29, 0.717) is 6.54 Å². The number of rotatable bonds is 8. The molecule has 0 aromatic heterocycles. The summed E-state index contributed by atoms with van der Waals surface area (Å²) in [5, 5.41) is 0. The van der Waals surface area contributed by atoms with Crippen LogP contribution in [0, 0.1) is 5.92 Å². The number of hydrogen-bond acceptors (Lipinski definition) is 3. The third-order valence-electron chi connectivity index (χ3n) is 3.73. The number of nitrogens with zero attached hydrogens (tertiary/aromatic N) is 1. The van der Waals surface area contributed by atoms with Crippen molar-refractivity contribution in [2.24, 2.45) is 11.7 Å². The molecular weight excluding hydrogens is 236 g/mol. The Balaban J connectivity index is 2.08. The maximum absolute atomic E-state index is 5.74. The van der Waals surface area contributed by atoms with Crippen LogP contribution in [0.4, 0.5) is 0 Å². The third-order valence-corrected chi connectivity index (χ3v) is 3.73. The van der Waals surface area contributed by atoms with Gasteiger partial charge in [0.25, 0.3) is 0 Å². The fourth-order valence-electron chi connectivity index (χ4n) is 2.54. The van der Waals surface area contributed by atoms with Crippen LogP contribution in [0.25, 0.3) is 0 Å². The summed E-state index contributed by atoms with van der Waals surface area (Å²) in [6.45, 7) is 6.19. The Morgan fingerprint density at radius 1 is 1.37 bits per heavy atom. The summed E-state index contributed by atoms with van der Waals surface area (Å²) in [6.07, 6.45) is 4.01. The number of ether oxygens (including phenoxy) is 1. The Morgan fingerprint density at radius 2 is 2.16 bits per heavy atom. The van der Waals surface area contributed by atoms with E-state index in [1.165, 1.54) is 36.9 Å². The van der Waals surface area contributed by atoms with E-state index >= 15 is 0 Å². The molecule has 1 aromatic carbocycles. The van der Waals surface area contributed by atoms with Crippen molar-refractivity contribution < 1.29 is 4.74 Å². The predicted octanol–water partition coefficient (Wildman–Crippen LogP) is 2.78. The minimum Gasteiger partial charge on any atom is -0.496 e. The molecule has 0 heterocycles. The van der Waals surface area contributed by atoms with Gasteiger partial charge in [-0.1, -0.05) is 13.0 Å². The van der Waals surface area contributed by atoms with Crippen LogP contribution in [0.5, 0.6) is 5.75 Å². The number of nitrogens with two attached hydrogens (primary N) is 1. The molecule has 2 rings (SSSR count). The molecule has 106 valence electrons. The van der Waals surface area contributed by atoms with Crippen LogP contribution < -0.4 is 10.5 Å². The Bertz CT molecular complexity index is 402. The van der Waals surface area contributed by atoms with E-state index in [4.69, 9.17) is 10.5 Å². The van der Waals surface area contributed by atoms with Gasteiger partial charge in [0.1, 0.15) is 5.75 Å². The highest BCUT2D eigenvalue weighted by Gasteiger charge is 2.24. The van der Waals surface area contributed by atoms with Gasteiger partial charge >= 0.3 is 0 Å². The van der Waals surface area contributed by atoms with Crippen LogP contribution >= 0.6 is 0 Å². The van der Waals surface area contributed by atoms with Crippen molar-refractivity contribution in [2.45, 2.75) is 39.3 Å². The van der Waals surface area contributed by atoms with Gasteiger partial charge in [0.05, 0.1) is 7.11 Å². The molecule has 0 bridgehead atoms. The van der Waals surface area contributed by atoms with E-state index < -0.39 is 0 Å². The van der Waals surface area contributed by atoms with Crippen LogP contribution in [0.1, 0.15) is 37.3 Å². The molecule has 1 aliphatic rings. The van der Waals surface area contributed by atoms with Crippen molar-refractivity contribution in [3.05, 3.63) is 29.3 Å². The first-order valence-electron chi connectivity index (χ1n) is 7.35. The third kappa shape index (κ3) is 4.22. The van der Waals surface area contributed by atoms with Gasteiger partial charge in [-0.3, -0.25) is 4.90 Å². The zero-order valence-electron chi connectivity index (χ0n) is 12.2. The topological polar surface area (TPSA) is 38.5 Å². The van der Waals surface area contributed by atoms with Gasteiger partial charge in [-0.05, 0) is 49.4 Å². The monoisotopic (exact) mass is 262 g/mol. The summed E-state index contributed by atoms with van der Waals surface area (Å²) in [7, 11) is 1.74. The lowest BCUT2D eigenvalue weighted by molar-refractivity contribution is 0.251. The largest absolute Gasteiger partial charge is 0.496 e. The van der Waals surface area contributed by atoms with E-state index in [9.17, 15) is 0 Å². The first-order valence-corrected chi connectivity index (χ1v) is 7.35. The van der Waals surface area contributed by atoms with Gasteiger partial charge in [0.2, 0.25) is 0 Å². The quantitative estimate of drug-likeness (QED) is 0.783. The summed E-state index contributed by atoms with van der Waals surface area (Å²) in [4.78, 5) is 2.55. The van der Waals surface area contributed by atoms with Gasteiger partial charge in [-0.2, -0.15) is 0 Å². The van der Waals surface area contributed by atoms with E-state index in [1.54, 1.807) is 7.11 Å². The highest BCUT2D eigenvalue weighted by molar-refractivity contribution is 5.37. The van der Waals surface area contributed by atoms with E-state index in [1.807, 2.05) is 12.1 Å². The minimum atomic E-state index is 0.591. The second-order valence-electron chi connectivity index (χ2n) is 5.53. The van der Waals surface area contributed by atoms with Gasteiger partial charge in [0.15, 0.2) is 0 Å². The standard InChI is InChI=1S/C16H26N2O/c1-3-8-18(11-13-4-5-13)12-15-9-14(10-17)6-7-16(15)19-2/h6-7,9,13H,3-5,8,10-12,17H2,1-2H3. The molecule has 3 heteroatoms. The van der Waals surface area contributed by atoms with Crippen molar-refractivity contribution in [1.82, 2.24) is 4.90 Å². The maximum atomic E-state index is 5.74. The zero-order chi connectivity index (χ0) is 13.7. The summed E-state index contributed by atoms with van der Waals surface area (Å²) < 4.78 is 5.48. The van der Waals surface area contributed by atoms with Crippen molar-refractivity contribution in [3.8, 4) is 5.75 Å². The summed E-state index contributed by atoms with van der Waals surface area (Å²) >= 11 is 0. The lowest BCUT2D eigenvalue weighted by atomic mass is 10.1. The fourth-order valence-corrected chi connectivity index (χ4v) is 2.54. The molecule has 0 spiro atoms. The molecule has 1 saturated carbocycles. The highest BCUT2D eigenvalue weighted by atomic mass is 16.5. The smallest absolute Gasteiger partial charge is 0.123 e. The lowest BCUT2D eigenvalue weighted by Crippen LogP contribution is -2.26. The second kappa shape index (κ2) is 6.92. The first kappa shape index (κ1) is 14.4. The van der Waals surface area contributed by atoms with Crippen molar-refractivity contribution >= 4 is 0 Å². The van der Waals surface area contributed by atoms with Crippen LogP contribution in [0.15, 0.2) is 18.2 Å². The number of benzene rings is 1. The summed E-state index contributed by atoms with van der Waals surface area (Å²) in [5.41, 5.74) is 8.18. The minimum absolute atomic E-state index is 0.591. The molecule has 3 nitrogen and oxygen atoms in total. The molecule has 2 N–H and O–H groups in total. The highest BCUT2D eigenvalue weighted by Crippen LogP contribution is 2.31. The van der Waals surface area contributed by atoms with Crippen LogP contribution in [0.2, 0.25) is 0 Å². The first-order chi connectivity index (χ1) is 9.26. The molecule has 1 aliphatic carbocycles. The molecule has 0 saturated heterocycles. The van der Waals surface area contributed by atoms with Gasteiger partial charge in [0, 0.05) is 25.2 Å². The number of hydrogen-bond donors (Lipinski definition) is 1. The summed E-state index contributed by atoms with van der Waals surface area (Å²) in [5.74, 6) is 1.91. The van der Waals surface area contributed by atoms with Crippen molar-refractivity contribution in [1.29, 1.82) is 0 Å². The Hall–Kier alpha value is -1.06. The molecule has 0 amide bonds. The van der Waals surface area contributed by atoms with Gasteiger partial charge in [-0.15, -0.1) is 0 Å². The molecule has 0 unspecified atom stereocenters. The molecule has 19 heavy (non-hydrogen) atoms.